The number of nitrogens with one attached hydrogen (secondary N) is 1. The lowest BCUT2D eigenvalue weighted by molar-refractivity contribution is 0.0432. The molecule has 1 saturated carbocycles. The van der Waals surface area contributed by atoms with Gasteiger partial charge in [0.15, 0.2) is 0 Å². The molecule has 2 heteroatoms. The monoisotopic (exact) mass is 153 g/mol. The van der Waals surface area contributed by atoms with E-state index in [1.54, 1.807) is 0 Å². The maximum absolute atomic E-state index is 8.96. The fourth-order valence-electron chi connectivity index (χ4n) is 1.33. The van der Waals surface area contributed by atoms with E-state index < -0.39 is 0 Å². The van der Waals surface area contributed by atoms with E-state index in [1.165, 1.54) is 0 Å². The minimum atomic E-state index is -0.0329. The topological polar surface area (TPSA) is 32.3 Å². The van der Waals surface area contributed by atoms with Gasteiger partial charge < -0.3 is 10.4 Å². The Labute approximate surface area is 68.0 Å². The van der Waals surface area contributed by atoms with E-state index in [2.05, 4.69) is 11.2 Å². The van der Waals surface area contributed by atoms with Crippen molar-refractivity contribution in [3.8, 4) is 12.3 Å². The van der Waals surface area contributed by atoms with Crippen LogP contribution < -0.4 is 5.32 Å². The number of aliphatic hydroxyl groups excluding tert-OH is 1. The first-order chi connectivity index (χ1) is 5.33. The van der Waals surface area contributed by atoms with Crippen molar-refractivity contribution < 1.29 is 5.11 Å². The quantitative estimate of drug-likeness (QED) is 0.452. The third-order valence-corrected chi connectivity index (χ3v) is 2.09. The van der Waals surface area contributed by atoms with Gasteiger partial charge in [-0.05, 0) is 25.3 Å². The Morgan fingerprint density at radius 2 is 2.27 bits per heavy atom. The SMILES string of the molecule is C#CCCNCC1CC(O)C1. The summed E-state index contributed by atoms with van der Waals surface area (Å²) in [6, 6.07) is 0. The van der Waals surface area contributed by atoms with E-state index in [0.717, 1.165) is 32.4 Å². The molecule has 1 aliphatic rings. The Hall–Kier alpha value is -0.520. The molecule has 0 aromatic heterocycles. The van der Waals surface area contributed by atoms with Crippen LogP contribution in [0.2, 0.25) is 0 Å². The van der Waals surface area contributed by atoms with Crippen molar-refractivity contribution in [2.45, 2.75) is 25.4 Å². The molecular weight excluding hydrogens is 138 g/mol. The van der Waals surface area contributed by atoms with Gasteiger partial charge in [0.05, 0.1) is 6.10 Å². The first-order valence-electron chi connectivity index (χ1n) is 4.15. The van der Waals surface area contributed by atoms with Crippen molar-refractivity contribution in [3.05, 3.63) is 0 Å². The van der Waals surface area contributed by atoms with Crippen LogP contribution in [0.3, 0.4) is 0 Å². The van der Waals surface area contributed by atoms with E-state index in [-0.39, 0.29) is 6.10 Å². The zero-order valence-electron chi connectivity index (χ0n) is 6.71. The molecule has 1 fully saturated rings. The number of hydrogen-bond donors (Lipinski definition) is 2. The first kappa shape index (κ1) is 8.58. The summed E-state index contributed by atoms with van der Waals surface area (Å²) in [7, 11) is 0. The van der Waals surface area contributed by atoms with Gasteiger partial charge in [-0.3, -0.25) is 0 Å². The summed E-state index contributed by atoms with van der Waals surface area (Å²) in [5.74, 6) is 3.26. The van der Waals surface area contributed by atoms with Gasteiger partial charge in [-0.15, -0.1) is 12.3 Å². The molecule has 0 saturated heterocycles. The van der Waals surface area contributed by atoms with Crippen LogP contribution in [0.4, 0.5) is 0 Å². The second kappa shape index (κ2) is 4.38. The van der Waals surface area contributed by atoms with Crippen LogP contribution in [-0.4, -0.2) is 24.3 Å². The van der Waals surface area contributed by atoms with Crippen molar-refractivity contribution in [2.75, 3.05) is 13.1 Å². The van der Waals surface area contributed by atoms with E-state index in [4.69, 9.17) is 11.5 Å². The highest BCUT2D eigenvalue weighted by atomic mass is 16.3. The lowest BCUT2D eigenvalue weighted by Crippen LogP contribution is -2.36. The molecule has 0 bridgehead atoms. The van der Waals surface area contributed by atoms with Crippen LogP contribution in [-0.2, 0) is 0 Å². The highest BCUT2D eigenvalue weighted by molar-refractivity contribution is 4.85. The maximum atomic E-state index is 8.96. The summed E-state index contributed by atoms with van der Waals surface area (Å²) >= 11 is 0. The molecule has 1 rings (SSSR count). The van der Waals surface area contributed by atoms with E-state index in [9.17, 15) is 0 Å². The lowest BCUT2D eigenvalue weighted by atomic mass is 9.82. The number of terminal acetylenes is 1. The Bertz CT molecular complexity index is 144. The van der Waals surface area contributed by atoms with Crippen LogP contribution in [0.25, 0.3) is 0 Å². The molecule has 0 aromatic carbocycles. The van der Waals surface area contributed by atoms with Crippen molar-refractivity contribution in [1.82, 2.24) is 5.32 Å². The Balaban J connectivity index is 1.86. The molecule has 62 valence electrons. The minimum absolute atomic E-state index is 0.0329. The molecule has 0 aromatic rings. The van der Waals surface area contributed by atoms with Gasteiger partial charge in [0.2, 0.25) is 0 Å². The molecule has 11 heavy (non-hydrogen) atoms. The van der Waals surface area contributed by atoms with Crippen LogP contribution in [0.5, 0.6) is 0 Å². The lowest BCUT2D eigenvalue weighted by Gasteiger charge is -2.31. The molecule has 2 N–H and O–H groups in total. The largest absolute Gasteiger partial charge is 0.393 e. The highest BCUT2D eigenvalue weighted by Crippen LogP contribution is 2.25. The first-order valence-corrected chi connectivity index (χ1v) is 4.15. The molecule has 0 unspecified atom stereocenters. The van der Waals surface area contributed by atoms with E-state index >= 15 is 0 Å². The van der Waals surface area contributed by atoms with E-state index in [0.29, 0.717) is 5.92 Å². The number of hydrogen-bond acceptors (Lipinski definition) is 2. The average molecular weight is 153 g/mol. The van der Waals surface area contributed by atoms with Crippen molar-refractivity contribution in [1.29, 1.82) is 0 Å². The summed E-state index contributed by atoms with van der Waals surface area (Å²) < 4.78 is 0. The predicted octanol–water partition coefficient (Wildman–Crippen LogP) is 0.370. The van der Waals surface area contributed by atoms with E-state index in [1.807, 2.05) is 0 Å². The van der Waals surface area contributed by atoms with Gasteiger partial charge in [-0.1, -0.05) is 0 Å². The third-order valence-electron chi connectivity index (χ3n) is 2.09. The second-order valence-corrected chi connectivity index (χ2v) is 3.15. The van der Waals surface area contributed by atoms with Crippen molar-refractivity contribution in [2.24, 2.45) is 5.92 Å². The van der Waals surface area contributed by atoms with Gasteiger partial charge in [-0.25, -0.2) is 0 Å². The van der Waals surface area contributed by atoms with Crippen LogP contribution in [0.1, 0.15) is 19.3 Å². The fourth-order valence-corrected chi connectivity index (χ4v) is 1.33. The second-order valence-electron chi connectivity index (χ2n) is 3.15. The highest BCUT2D eigenvalue weighted by Gasteiger charge is 2.26. The summed E-state index contributed by atoms with van der Waals surface area (Å²) in [4.78, 5) is 0. The summed E-state index contributed by atoms with van der Waals surface area (Å²) in [6.45, 7) is 1.92. The Morgan fingerprint density at radius 3 is 2.82 bits per heavy atom. The molecule has 0 radical (unpaired) electrons. The number of aliphatic hydroxyl groups is 1. The van der Waals surface area contributed by atoms with Gasteiger partial charge >= 0.3 is 0 Å². The molecule has 0 spiro atoms. The van der Waals surface area contributed by atoms with Crippen LogP contribution in [0.15, 0.2) is 0 Å². The summed E-state index contributed by atoms with van der Waals surface area (Å²) in [5, 5.41) is 12.2. The standard InChI is InChI=1S/C9H15NO/c1-2-3-4-10-7-8-5-9(11)6-8/h1,8-11H,3-7H2. The van der Waals surface area contributed by atoms with Gasteiger partial charge in [0.25, 0.3) is 0 Å². The molecule has 2 nitrogen and oxygen atoms in total. The van der Waals surface area contributed by atoms with Crippen LogP contribution in [0, 0.1) is 18.3 Å². The Kier molecular flexibility index (Phi) is 3.41. The Morgan fingerprint density at radius 1 is 1.55 bits per heavy atom. The summed E-state index contributed by atoms with van der Waals surface area (Å²) in [5.41, 5.74) is 0. The smallest absolute Gasteiger partial charge is 0.0546 e. The maximum Gasteiger partial charge on any atom is 0.0546 e. The van der Waals surface area contributed by atoms with Gasteiger partial charge in [0.1, 0.15) is 0 Å². The third kappa shape index (κ3) is 2.92. The number of rotatable bonds is 4. The van der Waals surface area contributed by atoms with Gasteiger partial charge in [0, 0.05) is 13.0 Å². The predicted molar refractivity (Wildman–Crippen MR) is 45.1 cm³/mol. The molecular formula is C9H15NO. The van der Waals surface area contributed by atoms with Crippen molar-refractivity contribution in [3.63, 3.8) is 0 Å². The zero-order chi connectivity index (χ0) is 8.10. The molecule has 0 heterocycles. The fraction of sp³-hybridized carbons (Fsp3) is 0.778. The normalized spacial score (nSPS) is 29.1. The molecule has 0 amide bonds. The molecule has 0 aliphatic heterocycles. The van der Waals surface area contributed by atoms with Gasteiger partial charge in [-0.2, -0.15) is 0 Å². The average Bonchev–Trinajstić information content (AvgIpc) is 1.94. The van der Waals surface area contributed by atoms with Crippen LogP contribution >= 0.6 is 0 Å². The molecule has 0 atom stereocenters. The zero-order valence-corrected chi connectivity index (χ0v) is 6.71. The summed E-state index contributed by atoms with van der Waals surface area (Å²) in [6.07, 6.45) is 7.77. The molecule has 1 aliphatic carbocycles. The van der Waals surface area contributed by atoms with Crippen molar-refractivity contribution >= 4 is 0 Å². The minimum Gasteiger partial charge on any atom is -0.393 e.